The number of anilines is 2. The Balaban J connectivity index is 2.16. The highest BCUT2D eigenvalue weighted by Crippen LogP contribution is 2.40. The fourth-order valence-corrected chi connectivity index (χ4v) is 2.51. The zero-order chi connectivity index (χ0) is 20.1. The van der Waals surface area contributed by atoms with Gasteiger partial charge in [-0.25, -0.2) is 8.78 Å². The molecule has 0 atom stereocenters. The molecule has 0 heterocycles. The summed E-state index contributed by atoms with van der Waals surface area (Å²) in [6, 6.07) is 17.7. The fraction of sp³-hybridized carbons (Fsp3) is 0.0476. The highest BCUT2D eigenvalue weighted by Gasteiger charge is 2.27. The van der Waals surface area contributed by atoms with Gasteiger partial charge in [0, 0.05) is 5.69 Å². The lowest BCUT2D eigenvalue weighted by Gasteiger charge is -2.17. The molecule has 0 aromatic heterocycles. The molecule has 0 saturated heterocycles. The summed E-state index contributed by atoms with van der Waals surface area (Å²) < 4.78 is 40.5. The molecule has 0 spiro atoms. The number of rotatable bonds is 5. The van der Waals surface area contributed by atoms with Gasteiger partial charge in [0.1, 0.15) is 40.5 Å². The first-order valence-electron chi connectivity index (χ1n) is 8.08. The first-order chi connectivity index (χ1) is 13.6. The van der Waals surface area contributed by atoms with Crippen molar-refractivity contribution in [1.82, 2.24) is 0 Å². The number of halogens is 2. The largest absolute Gasteiger partial charge is 0.497 e. The Kier molecular flexibility index (Phi) is 5.38. The minimum absolute atomic E-state index is 0.243. The second kappa shape index (κ2) is 8.07. The lowest BCUT2D eigenvalue weighted by atomic mass is 10.1. The van der Waals surface area contributed by atoms with Gasteiger partial charge in [-0.2, -0.15) is 10.5 Å². The molecule has 1 N–H and O–H groups in total. The highest BCUT2D eigenvalue weighted by atomic mass is 19.1. The van der Waals surface area contributed by atoms with Gasteiger partial charge in [-0.1, -0.05) is 18.2 Å². The van der Waals surface area contributed by atoms with Crippen molar-refractivity contribution in [2.24, 2.45) is 0 Å². The van der Waals surface area contributed by atoms with Crippen molar-refractivity contribution >= 4 is 11.4 Å². The van der Waals surface area contributed by atoms with Crippen molar-refractivity contribution in [3.05, 3.63) is 77.4 Å². The molecular formula is C21H13F2N3O2. The van der Waals surface area contributed by atoms with Crippen LogP contribution in [0.1, 0.15) is 11.1 Å². The Hall–Kier alpha value is -4.10. The van der Waals surface area contributed by atoms with Gasteiger partial charge in [-0.3, -0.25) is 0 Å². The number of methoxy groups -OCH3 is 1. The Morgan fingerprint density at radius 1 is 0.821 bits per heavy atom. The van der Waals surface area contributed by atoms with E-state index in [0.29, 0.717) is 11.4 Å². The highest BCUT2D eigenvalue weighted by molar-refractivity contribution is 5.73. The van der Waals surface area contributed by atoms with E-state index in [1.165, 1.54) is 19.2 Å². The number of hydrogen-bond donors (Lipinski definition) is 1. The van der Waals surface area contributed by atoms with Gasteiger partial charge in [0.15, 0.2) is 17.4 Å². The third-order valence-corrected chi connectivity index (χ3v) is 3.88. The molecule has 3 rings (SSSR count). The Bertz CT molecular complexity index is 1090. The molecule has 0 unspecified atom stereocenters. The lowest BCUT2D eigenvalue weighted by molar-refractivity contribution is 0.415. The van der Waals surface area contributed by atoms with Crippen LogP contribution in [0.2, 0.25) is 0 Å². The molecule has 5 nitrogen and oxygen atoms in total. The average molecular weight is 377 g/mol. The SMILES string of the molecule is COc1ccc(Nc2c(F)c(C#N)c(C#N)c(F)c2Oc2ccccc2)cc1. The predicted octanol–water partition coefficient (Wildman–Crippen LogP) is 5.25. The molecule has 3 aromatic carbocycles. The minimum Gasteiger partial charge on any atom is -0.497 e. The molecule has 0 aliphatic heterocycles. The van der Waals surface area contributed by atoms with E-state index in [9.17, 15) is 19.3 Å². The maximum Gasteiger partial charge on any atom is 0.190 e. The molecule has 138 valence electrons. The van der Waals surface area contributed by atoms with Crippen LogP contribution in [0, 0.1) is 34.3 Å². The first-order valence-corrected chi connectivity index (χ1v) is 8.08. The summed E-state index contributed by atoms with van der Waals surface area (Å²) in [5.41, 5.74) is -1.39. The zero-order valence-corrected chi connectivity index (χ0v) is 14.7. The summed E-state index contributed by atoms with van der Waals surface area (Å²) >= 11 is 0. The van der Waals surface area contributed by atoms with Crippen LogP contribution in [0.5, 0.6) is 17.2 Å². The minimum atomic E-state index is -1.12. The van der Waals surface area contributed by atoms with Crippen LogP contribution in [0.3, 0.4) is 0 Å². The van der Waals surface area contributed by atoms with Crippen LogP contribution in [0.15, 0.2) is 54.6 Å². The second-order valence-corrected chi connectivity index (χ2v) is 5.57. The maximum absolute atomic E-state index is 15.0. The van der Waals surface area contributed by atoms with Crippen molar-refractivity contribution in [2.75, 3.05) is 12.4 Å². The number of nitrogens with one attached hydrogen (secondary N) is 1. The molecule has 0 amide bonds. The number of ether oxygens (including phenoxy) is 2. The van der Waals surface area contributed by atoms with Crippen molar-refractivity contribution < 1.29 is 18.3 Å². The van der Waals surface area contributed by atoms with E-state index < -0.39 is 28.5 Å². The van der Waals surface area contributed by atoms with E-state index in [2.05, 4.69) is 5.32 Å². The monoisotopic (exact) mass is 377 g/mol. The molecule has 0 bridgehead atoms. The van der Waals surface area contributed by atoms with Gasteiger partial charge in [0.25, 0.3) is 0 Å². The third kappa shape index (κ3) is 3.55. The zero-order valence-electron chi connectivity index (χ0n) is 14.7. The van der Waals surface area contributed by atoms with Crippen molar-refractivity contribution in [3.8, 4) is 29.4 Å². The maximum atomic E-state index is 15.0. The van der Waals surface area contributed by atoms with Crippen LogP contribution in [0.4, 0.5) is 20.2 Å². The van der Waals surface area contributed by atoms with E-state index in [1.54, 1.807) is 54.6 Å². The molecular weight excluding hydrogens is 364 g/mol. The summed E-state index contributed by atoms with van der Waals surface area (Å²) in [5, 5.41) is 21.1. The molecule has 0 saturated carbocycles. The van der Waals surface area contributed by atoms with Gasteiger partial charge in [-0.05, 0) is 36.4 Å². The summed E-state index contributed by atoms with van der Waals surface area (Å²) in [5.74, 6) is -1.90. The molecule has 0 radical (unpaired) electrons. The predicted molar refractivity (Wildman–Crippen MR) is 98.6 cm³/mol. The average Bonchev–Trinajstić information content (AvgIpc) is 2.74. The van der Waals surface area contributed by atoms with Crippen LogP contribution >= 0.6 is 0 Å². The van der Waals surface area contributed by atoms with Crippen LogP contribution in [-0.4, -0.2) is 7.11 Å². The molecule has 7 heteroatoms. The summed E-state index contributed by atoms with van der Waals surface area (Å²) in [6.45, 7) is 0. The van der Waals surface area contributed by atoms with E-state index in [4.69, 9.17) is 9.47 Å². The second-order valence-electron chi connectivity index (χ2n) is 5.57. The Morgan fingerprint density at radius 3 is 2.00 bits per heavy atom. The quantitative estimate of drug-likeness (QED) is 0.657. The molecule has 0 aliphatic rings. The number of para-hydroxylation sites is 1. The first kappa shape index (κ1) is 18.7. The van der Waals surface area contributed by atoms with Crippen LogP contribution in [-0.2, 0) is 0 Å². The fourth-order valence-electron chi connectivity index (χ4n) is 2.51. The van der Waals surface area contributed by atoms with Gasteiger partial charge in [0.05, 0.1) is 7.11 Å². The van der Waals surface area contributed by atoms with Gasteiger partial charge < -0.3 is 14.8 Å². The molecule has 3 aromatic rings. The van der Waals surface area contributed by atoms with Crippen LogP contribution < -0.4 is 14.8 Å². The van der Waals surface area contributed by atoms with E-state index in [0.717, 1.165) is 0 Å². The summed E-state index contributed by atoms with van der Waals surface area (Å²) in [4.78, 5) is 0. The number of nitrogens with zero attached hydrogens (tertiary/aromatic N) is 2. The standard InChI is InChI=1S/C21H13F2N3O2/c1-27-14-9-7-13(8-10-14)26-20-18(22)16(11-24)17(12-25)19(23)21(20)28-15-5-3-2-4-6-15/h2-10,26H,1H3. The summed E-state index contributed by atoms with van der Waals surface area (Å²) in [7, 11) is 1.50. The van der Waals surface area contributed by atoms with Crippen molar-refractivity contribution in [2.45, 2.75) is 0 Å². The number of benzene rings is 3. The van der Waals surface area contributed by atoms with Gasteiger partial charge in [0.2, 0.25) is 0 Å². The summed E-state index contributed by atoms with van der Waals surface area (Å²) in [6.07, 6.45) is 0. The number of nitriles is 2. The topological polar surface area (TPSA) is 78.1 Å². The van der Waals surface area contributed by atoms with Crippen LogP contribution in [0.25, 0.3) is 0 Å². The molecule has 28 heavy (non-hydrogen) atoms. The Morgan fingerprint density at radius 2 is 1.43 bits per heavy atom. The molecule has 0 fully saturated rings. The smallest absolute Gasteiger partial charge is 0.190 e. The normalized spacial score (nSPS) is 9.89. The lowest BCUT2D eigenvalue weighted by Crippen LogP contribution is -2.06. The van der Waals surface area contributed by atoms with Gasteiger partial charge >= 0.3 is 0 Å². The number of hydrogen-bond acceptors (Lipinski definition) is 5. The van der Waals surface area contributed by atoms with E-state index >= 15 is 0 Å². The van der Waals surface area contributed by atoms with E-state index in [-0.39, 0.29) is 11.4 Å². The third-order valence-electron chi connectivity index (χ3n) is 3.88. The van der Waals surface area contributed by atoms with E-state index in [1.807, 2.05) is 0 Å². The Labute approximate surface area is 160 Å². The van der Waals surface area contributed by atoms with Gasteiger partial charge in [-0.15, -0.1) is 0 Å². The molecule has 0 aliphatic carbocycles. The van der Waals surface area contributed by atoms with Crippen molar-refractivity contribution in [3.63, 3.8) is 0 Å². The van der Waals surface area contributed by atoms with Crippen molar-refractivity contribution in [1.29, 1.82) is 10.5 Å².